The number of hydrogen-bond acceptors (Lipinski definition) is 5. The molecule has 2 N–H and O–H groups in total. The molecule has 7 nitrogen and oxygen atoms in total. The Morgan fingerprint density at radius 1 is 1.23 bits per heavy atom. The summed E-state index contributed by atoms with van der Waals surface area (Å²) in [6.45, 7) is 1.35. The minimum atomic E-state index is -0.379. The fourth-order valence-electron chi connectivity index (χ4n) is 5.17. The van der Waals surface area contributed by atoms with Gasteiger partial charge in [0.15, 0.2) is 0 Å². The SMILES string of the molecule is COc1cccc2c1CC[C@H]1CNC(CCn3c(=O)[nH]c4cnccc4c3=O)[C@@H]21.Cl.Cl. The molecule has 0 saturated carbocycles. The Balaban J connectivity index is 0.00000136. The van der Waals surface area contributed by atoms with Gasteiger partial charge in [0.1, 0.15) is 5.75 Å². The standard InChI is InChI=1S/C22H24N4O3.2ClH/c1-29-19-4-2-3-15-14(19)6-5-13-11-24-17(20(13)15)8-10-26-21(27)16-7-9-23-12-18(16)25-22(26)28;;/h2-4,7,9,12-13,17,20,24H,5-6,8,10-11H2,1H3,(H,25,28);2*1H/t13-,17?,20+;;/m0../s1. The van der Waals surface area contributed by atoms with Gasteiger partial charge >= 0.3 is 5.69 Å². The number of benzene rings is 1. The van der Waals surface area contributed by atoms with Gasteiger partial charge in [-0.2, -0.15) is 0 Å². The minimum absolute atomic E-state index is 0. The van der Waals surface area contributed by atoms with E-state index in [-0.39, 0.29) is 42.1 Å². The fraction of sp³-hybridized carbons (Fsp3) is 0.409. The van der Waals surface area contributed by atoms with Crippen molar-refractivity contribution in [1.82, 2.24) is 19.9 Å². The number of methoxy groups -OCH3 is 1. The summed E-state index contributed by atoms with van der Waals surface area (Å²) in [4.78, 5) is 32.0. The molecule has 9 heteroatoms. The van der Waals surface area contributed by atoms with Gasteiger partial charge in [0.2, 0.25) is 0 Å². The minimum Gasteiger partial charge on any atom is -0.496 e. The van der Waals surface area contributed by atoms with Gasteiger partial charge in [-0.1, -0.05) is 12.1 Å². The first kappa shape index (κ1) is 23.3. The Hall–Kier alpha value is -2.35. The van der Waals surface area contributed by atoms with Crippen LogP contribution >= 0.6 is 24.8 Å². The van der Waals surface area contributed by atoms with E-state index < -0.39 is 0 Å². The Bertz CT molecular complexity index is 1190. The number of hydrogen-bond donors (Lipinski definition) is 2. The molecular formula is C22H26Cl2N4O3. The molecule has 2 aliphatic rings. The van der Waals surface area contributed by atoms with Crippen LogP contribution in [0.3, 0.4) is 0 Å². The first-order valence-electron chi connectivity index (χ1n) is 10.1. The normalized spacial score (nSPS) is 21.5. The van der Waals surface area contributed by atoms with Gasteiger partial charge in [-0.25, -0.2) is 4.79 Å². The molecule has 166 valence electrons. The molecule has 3 atom stereocenters. The molecule has 2 aromatic heterocycles. The smallest absolute Gasteiger partial charge is 0.328 e. The zero-order valence-corrected chi connectivity index (χ0v) is 18.8. The molecule has 1 aliphatic carbocycles. The first-order chi connectivity index (χ1) is 14.2. The Kier molecular flexibility index (Phi) is 7.09. The van der Waals surface area contributed by atoms with Crippen molar-refractivity contribution in [2.24, 2.45) is 5.92 Å². The summed E-state index contributed by atoms with van der Waals surface area (Å²) in [6.07, 6.45) is 5.97. The Morgan fingerprint density at radius 3 is 2.87 bits per heavy atom. The zero-order chi connectivity index (χ0) is 20.0. The molecule has 1 unspecified atom stereocenters. The number of aromatic amines is 1. The van der Waals surface area contributed by atoms with Gasteiger partial charge in [-0.05, 0) is 55.0 Å². The van der Waals surface area contributed by atoms with Crippen LogP contribution in [0.2, 0.25) is 0 Å². The molecular weight excluding hydrogens is 439 g/mol. The van der Waals surface area contributed by atoms with E-state index in [4.69, 9.17) is 4.74 Å². The molecule has 5 rings (SSSR count). The van der Waals surface area contributed by atoms with E-state index in [0.29, 0.717) is 29.3 Å². The predicted molar refractivity (Wildman–Crippen MR) is 125 cm³/mol. The van der Waals surface area contributed by atoms with Crippen molar-refractivity contribution < 1.29 is 4.74 Å². The van der Waals surface area contributed by atoms with Crippen molar-refractivity contribution in [3.8, 4) is 5.75 Å². The van der Waals surface area contributed by atoms with E-state index in [0.717, 1.165) is 31.6 Å². The number of aromatic nitrogens is 3. The third kappa shape index (κ3) is 3.97. The van der Waals surface area contributed by atoms with Crippen LogP contribution in [0, 0.1) is 5.92 Å². The van der Waals surface area contributed by atoms with Crippen LogP contribution in [0.5, 0.6) is 5.75 Å². The maximum atomic E-state index is 12.8. The summed E-state index contributed by atoms with van der Waals surface area (Å²) in [5.74, 6) is 1.92. The molecule has 0 radical (unpaired) electrons. The molecule has 0 spiro atoms. The highest BCUT2D eigenvalue weighted by atomic mass is 35.5. The van der Waals surface area contributed by atoms with Crippen LogP contribution in [0.4, 0.5) is 0 Å². The van der Waals surface area contributed by atoms with Crippen LogP contribution in [0.15, 0.2) is 46.2 Å². The molecule has 3 aromatic rings. The molecule has 0 amide bonds. The van der Waals surface area contributed by atoms with Gasteiger partial charge in [0, 0.05) is 24.7 Å². The van der Waals surface area contributed by atoms with Crippen molar-refractivity contribution in [3.63, 3.8) is 0 Å². The highest BCUT2D eigenvalue weighted by molar-refractivity contribution is 5.85. The lowest BCUT2D eigenvalue weighted by atomic mass is 9.73. The van der Waals surface area contributed by atoms with Gasteiger partial charge in [0.25, 0.3) is 5.56 Å². The van der Waals surface area contributed by atoms with E-state index in [1.807, 2.05) is 6.07 Å². The number of ether oxygens (including phenoxy) is 1. The van der Waals surface area contributed by atoms with E-state index >= 15 is 0 Å². The Labute approximate surface area is 192 Å². The summed E-state index contributed by atoms with van der Waals surface area (Å²) in [5, 5.41) is 4.14. The van der Waals surface area contributed by atoms with Crippen LogP contribution in [-0.4, -0.2) is 34.2 Å². The maximum absolute atomic E-state index is 12.8. The number of halogens is 2. The van der Waals surface area contributed by atoms with Crippen LogP contribution in [0.1, 0.15) is 29.9 Å². The van der Waals surface area contributed by atoms with Gasteiger partial charge in [-0.15, -0.1) is 24.8 Å². The van der Waals surface area contributed by atoms with E-state index in [2.05, 4.69) is 27.4 Å². The highest BCUT2D eigenvalue weighted by Gasteiger charge is 2.40. The number of H-pyrrole nitrogens is 1. The topological polar surface area (TPSA) is 89.0 Å². The van der Waals surface area contributed by atoms with Gasteiger partial charge in [-0.3, -0.25) is 14.3 Å². The van der Waals surface area contributed by atoms with E-state index in [1.54, 1.807) is 19.4 Å². The van der Waals surface area contributed by atoms with Crippen molar-refractivity contribution >= 4 is 35.7 Å². The lowest BCUT2D eigenvalue weighted by Gasteiger charge is -2.32. The first-order valence-corrected chi connectivity index (χ1v) is 10.1. The molecule has 3 heterocycles. The molecule has 1 aliphatic heterocycles. The second-order valence-electron chi connectivity index (χ2n) is 7.96. The fourth-order valence-corrected chi connectivity index (χ4v) is 5.17. The average molecular weight is 465 g/mol. The van der Waals surface area contributed by atoms with Crippen LogP contribution < -0.4 is 21.3 Å². The summed E-state index contributed by atoms with van der Waals surface area (Å²) in [6, 6.07) is 8.17. The molecule has 1 fully saturated rings. The molecule has 31 heavy (non-hydrogen) atoms. The number of nitrogens with zero attached hydrogens (tertiary/aromatic N) is 2. The second kappa shape index (κ2) is 9.42. The summed E-state index contributed by atoms with van der Waals surface area (Å²) in [5.41, 5.74) is 2.49. The molecule has 1 saturated heterocycles. The third-order valence-corrected chi connectivity index (χ3v) is 6.54. The number of nitrogens with one attached hydrogen (secondary N) is 2. The number of rotatable bonds is 4. The van der Waals surface area contributed by atoms with E-state index in [1.165, 1.54) is 21.9 Å². The quantitative estimate of drug-likeness (QED) is 0.619. The number of pyridine rings is 1. The van der Waals surface area contributed by atoms with Crippen LogP contribution in [-0.2, 0) is 13.0 Å². The third-order valence-electron chi connectivity index (χ3n) is 6.54. The predicted octanol–water partition coefficient (Wildman–Crippen LogP) is 2.65. The zero-order valence-electron chi connectivity index (χ0n) is 17.2. The van der Waals surface area contributed by atoms with Crippen molar-refractivity contribution in [3.05, 3.63) is 68.6 Å². The summed E-state index contributed by atoms with van der Waals surface area (Å²) >= 11 is 0. The average Bonchev–Trinajstić information content (AvgIpc) is 3.16. The lowest BCUT2D eigenvalue weighted by Crippen LogP contribution is -2.38. The summed E-state index contributed by atoms with van der Waals surface area (Å²) < 4.78 is 6.89. The summed E-state index contributed by atoms with van der Waals surface area (Å²) in [7, 11) is 1.72. The largest absolute Gasteiger partial charge is 0.496 e. The van der Waals surface area contributed by atoms with Crippen molar-refractivity contribution in [1.29, 1.82) is 0 Å². The van der Waals surface area contributed by atoms with Gasteiger partial charge < -0.3 is 15.0 Å². The second-order valence-corrected chi connectivity index (χ2v) is 7.96. The van der Waals surface area contributed by atoms with Gasteiger partial charge in [0.05, 0.1) is 24.2 Å². The monoisotopic (exact) mass is 464 g/mol. The number of fused-ring (bicyclic) bond motifs is 4. The van der Waals surface area contributed by atoms with Crippen molar-refractivity contribution in [2.75, 3.05) is 13.7 Å². The molecule has 1 aromatic carbocycles. The lowest BCUT2D eigenvalue weighted by molar-refractivity contribution is 0.371. The maximum Gasteiger partial charge on any atom is 0.328 e. The highest BCUT2D eigenvalue weighted by Crippen LogP contribution is 2.45. The van der Waals surface area contributed by atoms with Crippen molar-refractivity contribution in [2.45, 2.75) is 37.8 Å². The van der Waals surface area contributed by atoms with E-state index in [9.17, 15) is 9.59 Å². The van der Waals surface area contributed by atoms with Crippen LogP contribution in [0.25, 0.3) is 10.9 Å². The molecule has 0 bridgehead atoms. The Morgan fingerprint density at radius 2 is 2.06 bits per heavy atom.